The minimum atomic E-state index is -3.94. The van der Waals surface area contributed by atoms with Crippen molar-refractivity contribution in [1.29, 1.82) is 0 Å². The number of esters is 1. The lowest BCUT2D eigenvalue weighted by Gasteiger charge is -2.26. The number of aromatic nitrogens is 1. The summed E-state index contributed by atoms with van der Waals surface area (Å²) in [5.74, 6) is -0.717. The summed E-state index contributed by atoms with van der Waals surface area (Å²) in [7, 11) is -3.94. The second-order valence-electron chi connectivity index (χ2n) is 7.68. The van der Waals surface area contributed by atoms with Crippen molar-refractivity contribution in [1.82, 2.24) is 14.4 Å². The molecule has 2 aliphatic heterocycles. The van der Waals surface area contributed by atoms with Crippen molar-refractivity contribution in [3.05, 3.63) is 11.5 Å². The van der Waals surface area contributed by atoms with E-state index in [-0.39, 0.29) is 35.4 Å². The number of ether oxygens (including phenoxy) is 1. The van der Waals surface area contributed by atoms with Gasteiger partial charge in [-0.05, 0) is 39.5 Å². The van der Waals surface area contributed by atoms with E-state index in [9.17, 15) is 18.0 Å². The molecule has 162 valence electrons. The van der Waals surface area contributed by atoms with Gasteiger partial charge in [-0.3, -0.25) is 9.59 Å². The van der Waals surface area contributed by atoms with E-state index < -0.39 is 22.0 Å². The number of carbonyl (C=O) groups is 2. The van der Waals surface area contributed by atoms with Crippen molar-refractivity contribution in [3.8, 4) is 0 Å². The Morgan fingerprint density at radius 2 is 1.72 bits per heavy atom. The normalized spacial score (nSPS) is 21.6. The summed E-state index contributed by atoms with van der Waals surface area (Å²) < 4.78 is 37.5. The van der Waals surface area contributed by atoms with Crippen LogP contribution in [-0.2, 0) is 24.3 Å². The Labute approximate surface area is 171 Å². The molecule has 0 saturated carbocycles. The zero-order valence-corrected chi connectivity index (χ0v) is 17.9. The maximum Gasteiger partial charge on any atom is 0.324 e. The first-order chi connectivity index (χ1) is 13.8. The van der Waals surface area contributed by atoms with E-state index in [4.69, 9.17) is 9.26 Å². The Morgan fingerprint density at radius 1 is 1.07 bits per heavy atom. The van der Waals surface area contributed by atoms with Crippen LogP contribution in [0.2, 0.25) is 0 Å². The van der Waals surface area contributed by atoms with Gasteiger partial charge in [0.1, 0.15) is 16.6 Å². The first kappa shape index (κ1) is 21.8. The van der Waals surface area contributed by atoms with Gasteiger partial charge in [0, 0.05) is 19.6 Å². The van der Waals surface area contributed by atoms with Crippen molar-refractivity contribution in [2.24, 2.45) is 0 Å². The molecule has 9 nitrogen and oxygen atoms in total. The van der Waals surface area contributed by atoms with E-state index in [0.29, 0.717) is 25.9 Å². The van der Waals surface area contributed by atoms with E-state index in [0.717, 1.165) is 30.0 Å². The Morgan fingerprint density at radius 3 is 2.34 bits per heavy atom. The average molecular weight is 428 g/mol. The Balaban J connectivity index is 1.63. The van der Waals surface area contributed by atoms with Gasteiger partial charge in [-0.25, -0.2) is 8.42 Å². The van der Waals surface area contributed by atoms with E-state index >= 15 is 0 Å². The molecule has 1 amide bonds. The molecule has 1 aromatic heterocycles. The van der Waals surface area contributed by atoms with Crippen LogP contribution in [-0.4, -0.2) is 66.9 Å². The van der Waals surface area contributed by atoms with Gasteiger partial charge in [0.15, 0.2) is 12.4 Å². The molecule has 2 fully saturated rings. The molecule has 0 N–H and O–H groups in total. The third-order valence-electron chi connectivity index (χ3n) is 5.56. The zero-order valence-electron chi connectivity index (χ0n) is 17.1. The molecular formula is C19H29N3O6S. The molecule has 1 atom stereocenters. The van der Waals surface area contributed by atoms with Crippen LogP contribution in [0.25, 0.3) is 0 Å². The Kier molecular flexibility index (Phi) is 6.94. The second kappa shape index (κ2) is 9.25. The molecule has 10 heteroatoms. The third kappa shape index (κ3) is 4.80. The molecular weight excluding hydrogens is 398 g/mol. The minimum Gasteiger partial charge on any atom is -0.454 e. The first-order valence-corrected chi connectivity index (χ1v) is 11.7. The summed E-state index contributed by atoms with van der Waals surface area (Å²) in [6, 6.07) is -0.936. The lowest BCUT2D eigenvalue weighted by Crippen LogP contribution is -2.43. The quantitative estimate of drug-likeness (QED) is 0.659. The van der Waals surface area contributed by atoms with Crippen LogP contribution in [0.15, 0.2) is 9.42 Å². The van der Waals surface area contributed by atoms with Gasteiger partial charge < -0.3 is 14.2 Å². The predicted octanol–water partition coefficient (Wildman–Crippen LogP) is 1.78. The molecule has 2 saturated heterocycles. The minimum absolute atomic E-state index is 0.00564. The number of aryl methyl sites for hydroxylation is 2. The lowest BCUT2D eigenvalue weighted by molar-refractivity contribution is -0.154. The number of sulfonamides is 1. The summed E-state index contributed by atoms with van der Waals surface area (Å²) in [4.78, 5) is 26.8. The highest BCUT2D eigenvalue weighted by Crippen LogP contribution is 2.30. The molecule has 3 rings (SSSR count). The van der Waals surface area contributed by atoms with Gasteiger partial charge in [-0.15, -0.1) is 0 Å². The summed E-state index contributed by atoms with van der Waals surface area (Å²) in [5.41, 5.74) is 0.258. The van der Waals surface area contributed by atoms with Crippen LogP contribution in [0.1, 0.15) is 56.4 Å². The van der Waals surface area contributed by atoms with E-state index in [1.807, 2.05) is 0 Å². The standard InChI is InChI=1S/C19H29N3O6S/c1-14-18(15(2)28-20-14)29(25,26)22-12-8-9-16(22)19(24)27-13-17(23)21-10-6-4-3-5-7-11-21/h16H,3-13H2,1-2H3/t16-/m0/s1. The molecule has 1 aromatic rings. The largest absolute Gasteiger partial charge is 0.454 e. The zero-order chi connectivity index (χ0) is 21.0. The van der Waals surface area contributed by atoms with Crippen molar-refractivity contribution >= 4 is 21.9 Å². The van der Waals surface area contributed by atoms with Crippen LogP contribution >= 0.6 is 0 Å². The Bertz CT molecular complexity index is 823. The van der Waals surface area contributed by atoms with Gasteiger partial charge in [-0.1, -0.05) is 24.4 Å². The maximum absolute atomic E-state index is 13.1. The molecule has 0 aliphatic carbocycles. The topological polar surface area (TPSA) is 110 Å². The highest BCUT2D eigenvalue weighted by atomic mass is 32.2. The maximum atomic E-state index is 13.1. The number of hydrogen-bond acceptors (Lipinski definition) is 7. The van der Waals surface area contributed by atoms with Crippen molar-refractivity contribution in [3.63, 3.8) is 0 Å². The number of carbonyl (C=O) groups excluding carboxylic acids is 2. The first-order valence-electron chi connectivity index (χ1n) is 10.2. The molecule has 29 heavy (non-hydrogen) atoms. The van der Waals surface area contributed by atoms with Crippen LogP contribution in [0.4, 0.5) is 0 Å². The molecule has 3 heterocycles. The number of rotatable bonds is 5. The number of hydrogen-bond donors (Lipinski definition) is 0. The molecule has 0 unspecified atom stereocenters. The SMILES string of the molecule is Cc1noc(C)c1S(=O)(=O)N1CCC[C@H]1C(=O)OCC(=O)N1CCCCCCC1. The fourth-order valence-corrected chi connectivity index (χ4v) is 5.98. The van der Waals surface area contributed by atoms with Gasteiger partial charge in [0.05, 0.1) is 0 Å². The van der Waals surface area contributed by atoms with Gasteiger partial charge >= 0.3 is 5.97 Å². The van der Waals surface area contributed by atoms with Crippen LogP contribution < -0.4 is 0 Å². The fraction of sp³-hybridized carbons (Fsp3) is 0.737. The predicted molar refractivity (Wildman–Crippen MR) is 104 cm³/mol. The smallest absolute Gasteiger partial charge is 0.324 e. The van der Waals surface area contributed by atoms with Gasteiger partial charge in [-0.2, -0.15) is 4.31 Å². The molecule has 0 bridgehead atoms. The van der Waals surface area contributed by atoms with Crippen molar-refractivity contribution in [2.75, 3.05) is 26.2 Å². The van der Waals surface area contributed by atoms with E-state index in [1.165, 1.54) is 13.3 Å². The third-order valence-corrected chi connectivity index (χ3v) is 7.71. The highest BCUT2D eigenvalue weighted by Gasteiger charge is 2.42. The molecule has 0 radical (unpaired) electrons. The molecule has 0 spiro atoms. The average Bonchev–Trinajstić information content (AvgIpc) is 3.26. The number of likely N-dealkylation sites (tertiary alicyclic amines) is 1. The summed E-state index contributed by atoms with van der Waals surface area (Å²) in [6.07, 6.45) is 6.19. The summed E-state index contributed by atoms with van der Waals surface area (Å²) in [6.45, 7) is 4.28. The Hall–Kier alpha value is -1.94. The van der Waals surface area contributed by atoms with Gasteiger partial charge in [0.25, 0.3) is 5.91 Å². The number of nitrogens with zero attached hydrogens (tertiary/aromatic N) is 3. The van der Waals surface area contributed by atoms with Crippen LogP contribution in [0.5, 0.6) is 0 Å². The number of amides is 1. The van der Waals surface area contributed by atoms with Crippen LogP contribution in [0, 0.1) is 13.8 Å². The van der Waals surface area contributed by atoms with Crippen molar-refractivity contribution in [2.45, 2.75) is 69.7 Å². The van der Waals surface area contributed by atoms with Gasteiger partial charge in [0.2, 0.25) is 10.0 Å². The monoisotopic (exact) mass is 427 g/mol. The lowest BCUT2D eigenvalue weighted by atomic mass is 10.1. The molecule has 2 aliphatic rings. The molecule has 0 aromatic carbocycles. The second-order valence-corrected chi connectivity index (χ2v) is 9.51. The fourth-order valence-electron chi connectivity index (χ4n) is 4.04. The highest BCUT2D eigenvalue weighted by molar-refractivity contribution is 7.89. The van der Waals surface area contributed by atoms with E-state index in [2.05, 4.69) is 5.16 Å². The summed E-state index contributed by atoms with van der Waals surface area (Å²) in [5, 5.41) is 3.70. The van der Waals surface area contributed by atoms with Crippen LogP contribution in [0.3, 0.4) is 0 Å². The van der Waals surface area contributed by atoms with Crippen molar-refractivity contribution < 1.29 is 27.3 Å². The van der Waals surface area contributed by atoms with E-state index in [1.54, 1.807) is 11.8 Å². The summed E-state index contributed by atoms with van der Waals surface area (Å²) >= 11 is 0.